The lowest BCUT2D eigenvalue weighted by Gasteiger charge is -2.00. The molecule has 0 radical (unpaired) electrons. The van der Waals surface area contributed by atoms with Crippen LogP contribution in [0.15, 0.2) is 17.5 Å². The quantitative estimate of drug-likeness (QED) is 0.835. The lowest BCUT2D eigenvalue weighted by Crippen LogP contribution is -2.25. The summed E-state index contributed by atoms with van der Waals surface area (Å²) in [6.07, 6.45) is 0.545. The van der Waals surface area contributed by atoms with Gasteiger partial charge in [0.1, 0.15) is 10.7 Å². The molecule has 7 heteroatoms. The number of thiazole rings is 1. The van der Waals surface area contributed by atoms with Crippen molar-refractivity contribution in [2.24, 2.45) is 0 Å². The van der Waals surface area contributed by atoms with Gasteiger partial charge >= 0.3 is 0 Å². The number of nitrogens with zero attached hydrogens (tertiary/aromatic N) is 1. The zero-order valence-corrected chi connectivity index (χ0v) is 11.7. The molecule has 2 aromatic heterocycles. The van der Waals surface area contributed by atoms with Crippen LogP contribution in [0.1, 0.15) is 16.9 Å². The zero-order valence-electron chi connectivity index (χ0n) is 9.35. The number of carbonyl (C=O) groups is 1. The Morgan fingerprint density at radius 1 is 1.50 bits per heavy atom. The molecule has 96 valence electrons. The first-order valence-corrected chi connectivity index (χ1v) is 7.38. The molecule has 0 aromatic carbocycles. The van der Waals surface area contributed by atoms with Crippen LogP contribution in [0.5, 0.6) is 0 Å². The molecule has 4 nitrogen and oxygen atoms in total. The van der Waals surface area contributed by atoms with Crippen LogP contribution in [0.4, 0.5) is 0 Å². The van der Waals surface area contributed by atoms with Gasteiger partial charge in [-0.3, -0.25) is 4.79 Å². The van der Waals surface area contributed by atoms with Crippen LogP contribution in [0.25, 0.3) is 9.88 Å². The van der Waals surface area contributed by atoms with Crippen molar-refractivity contribution in [2.75, 3.05) is 13.2 Å². The van der Waals surface area contributed by atoms with Gasteiger partial charge in [0, 0.05) is 18.5 Å². The van der Waals surface area contributed by atoms with Crippen molar-refractivity contribution in [3.8, 4) is 9.88 Å². The monoisotopic (exact) mass is 302 g/mol. The second-order valence-corrected chi connectivity index (χ2v) is 6.05. The minimum atomic E-state index is -0.214. The molecule has 2 aromatic rings. The van der Waals surface area contributed by atoms with Gasteiger partial charge in [0.2, 0.25) is 0 Å². The first-order chi connectivity index (χ1) is 8.70. The van der Waals surface area contributed by atoms with Gasteiger partial charge in [0.25, 0.3) is 5.91 Å². The molecule has 0 unspecified atom stereocenters. The summed E-state index contributed by atoms with van der Waals surface area (Å²) < 4.78 is 0.703. The largest absolute Gasteiger partial charge is 0.396 e. The standard InChI is InChI=1S/C11H11ClN2O2S2/c12-9-3-2-8(18-9)11-14-7(6-17-11)10(16)13-4-1-5-15/h2-3,6,15H,1,4-5H2,(H,13,16). The highest BCUT2D eigenvalue weighted by Gasteiger charge is 2.12. The summed E-state index contributed by atoms with van der Waals surface area (Å²) in [6, 6.07) is 3.70. The molecule has 0 aliphatic heterocycles. The Balaban J connectivity index is 2.04. The molecule has 0 spiro atoms. The second kappa shape index (κ2) is 6.29. The zero-order chi connectivity index (χ0) is 13.0. The average Bonchev–Trinajstić information content (AvgIpc) is 2.97. The molecule has 2 N–H and O–H groups in total. The molecule has 0 aliphatic rings. The summed E-state index contributed by atoms with van der Waals surface area (Å²) in [5, 5.41) is 13.8. The number of thiophene rings is 1. The van der Waals surface area contributed by atoms with Crippen molar-refractivity contribution in [1.29, 1.82) is 0 Å². The van der Waals surface area contributed by atoms with Crippen LogP contribution >= 0.6 is 34.3 Å². The highest BCUT2D eigenvalue weighted by Crippen LogP contribution is 2.32. The smallest absolute Gasteiger partial charge is 0.270 e. The maximum absolute atomic E-state index is 11.7. The number of amides is 1. The van der Waals surface area contributed by atoms with Crippen LogP contribution < -0.4 is 5.32 Å². The van der Waals surface area contributed by atoms with Gasteiger partial charge < -0.3 is 10.4 Å². The summed E-state index contributed by atoms with van der Waals surface area (Å²) in [6.45, 7) is 0.517. The van der Waals surface area contributed by atoms with Crippen molar-refractivity contribution in [2.45, 2.75) is 6.42 Å². The first kappa shape index (κ1) is 13.5. The molecule has 0 fully saturated rings. The number of aromatic nitrogens is 1. The van der Waals surface area contributed by atoms with Crippen LogP contribution in [-0.4, -0.2) is 29.1 Å². The molecule has 18 heavy (non-hydrogen) atoms. The predicted octanol–water partition coefficient (Wildman–Crippen LogP) is 2.64. The number of aliphatic hydroxyl groups is 1. The van der Waals surface area contributed by atoms with Gasteiger partial charge in [-0.2, -0.15) is 0 Å². The summed E-state index contributed by atoms with van der Waals surface area (Å²) in [5.41, 5.74) is 0.400. The van der Waals surface area contributed by atoms with Crippen molar-refractivity contribution in [3.05, 3.63) is 27.5 Å². The Morgan fingerprint density at radius 3 is 3.00 bits per heavy atom. The fourth-order valence-electron chi connectivity index (χ4n) is 1.29. The van der Waals surface area contributed by atoms with Gasteiger partial charge in [-0.15, -0.1) is 22.7 Å². The van der Waals surface area contributed by atoms with Crippen molar-refractivity contribution in [1.82, 2.24) is 10.3 Å². The lowest BCUT2D eigenvalue weighted by atomic mass is 10.4. The van der Waals surface area contributed by atoms with Gasteiger partial charge in [-0.25, -0.2) is 4.98 Å². The van der Waals surface area contributed by atoms with E-state index >= 15 is 0 Å². The third-order valence-corrected chi connectivity index (χ3v) is 4.38. The third kappa shape index (κ3) is 3.29. The van der Waals surface area contributed by atoms with Crippen molar-refractivity contribution in [3.63, 3.8) is 0 Å². The molecule has 2 rings (SSSR count). The second-order valence-electron chi connectivity index (χ2n) is 3.47. The molecule has 1 amide bonds. The van der Waals surface area contributed by atoms with E-state index in [4.69, 9.17) is 16.7 Å². The molecule has 0 saturated heterocycles. The third-order valence-electron chi connectivity index (χ3n) is 2.14. The van der Waals surface area contributed by atoms with Gasteiger partial charge in [-0.1, -0.05) is 11.6 Å². The SMILES string of the molecule is O=C(NCCCO)c1csc(-c2ccc(Cl)s2)n1. The number of nitrogens with one attached hydrogen (secondary N) is 1. The fourth-order valence-corrected chi connectivity index (χ4v) is 3.21. The van der Waals surface area contributed by atoms with Crippen LogP contribution in [-0.2, 0) is 0 Å². The predicted molar refractivity (Wildman–Crippen MR) is 74.5 cm³/mol. The van der Waals surface area contributed by atoms with Crippen LogP contribution in [0.3, 0.4) is 0 Å². The summed E-state index contributed by atoms with van der Waals surface area (Å²) in [4.78, 5) is 16.9. The Morgan fingerprint density at radius 2 is 2.33 bits per heavy atom. The maximum atomic E-state index is 11.7. The van der Waals surface area contributed by atoms with E-state index in [9.17, 15) is 4.79 Å². The Labute approximate surface area is 117 Å². The van der Waals surface area contributed by atoms with E-state index in [1.165, 1.54) is 22.7 Å². The molecular formula is C11H11ClN2O2S2. The summed E-state index contributed by atoms with van der Waals surface area (Å²) in [7, 11) is 0. The van der Waals surface area contributed by atoms with E-state index in [2.05, 4.69) is 10.3 Å². The van der Waals surface area contributed by atoms with Crippen LogP contribution in [0.2, 0.25) is 4.34 Å². The Hall–Kier alpha value is -0.950. The molecule has 0 aliphatic carbocycles. The van der Waals surface area contributed by atoms with Crippen molar-refractivity contribution < 1.29 is 9.90 Å². The molecule has 0 atom stereocenters. The van der Waals surface area contributed by atoms with Crippen LogP contribution in [0, 0.1) is 0 Å². The van der Waals surface area contributed by atoms with Gasteiger partial charge in [0.05, 0.1) is 9.21 Å². The number of halogens is 1. The molecule has 2 heterocycles. The number of aliphatic hydroxyl groups excluding tert-OH is 1. The van der Waals surface area contributed by atoms with Gasteiger partial charge in [-0.05, 0) is 18.6 Å². The molecule has 0 bridgehead atoms. The van der Waals surface area contributed by atoms with E-state index in [0.29, 0.717) is 23.0 Å². The topological polar surface area (TPSA) is 62.2 Å². The highest BCUT2D eigenvalue weighted by molar-refractivity contribution is 7.23. The molecule has 0 saturated carbocycles. The average molecular weight is 303 g/mol. The van der Waals surface area contributed by atoms with Gasteiger partial charge in [0.15, 0.2) is 0 Å². The maximum Gasteiger partial charge on any atom is 0.270 e. The number of carbonyl (C=O) groups excluding carboxylic acids is 1. The van der Waals surface area contributed by atoms with E-state index in [1.54, 1.807) is 5.38 Å². The number of hydrogen-bond donors (Lipinski definition) is 2. The first-order valence-electron chi connectivity index (χ1n) is 5.31. The van der Waals surface area contributed by atoms with E-state index in [0.717, 1.165) is 9.88 Å². The highest BCUT2D eigenvalue weighted by atomic mass is 35.5. The summed E-state index contributed by atoms with van der Waals surface area (Å²) in [5.74, 6) is -0.214. The van der Waals surface area contributed by atoms with E-state index in [-0.39, 0.29) is 12.5 Å². The van der Waals surface area contributed by atoms with Crippen molar-refractivity contribution >= 4 is 40.2 Å². The lowest BCUT2D eigenvalue weighted by molar-refractivity contribution is 0.0947. The minimum absolute atomic E-state index is 0.0658. The number of rotatable bonds is 5. The minimum Gasteiger partial charge on any atom is -0.396 e. The Bertz CT molecular complexity index is 539. The van der Waals surface area contributed by atoms with E-state index in [1.807, 2.05) is 12.1 Å². The normalized spacial score (nSPS) is 10.6. The fraction of sp³-hybridized carbons (Fsp3) is 0.273. The Kier molecular flexibility index (Phi) is 4.71. The number of hydrogen-bond acceptors (Lipinski definition) is 5. The summed E-state index contributed by atoms with van der Waals surface area (Å²) >= 11 is 8.71. The van der Waals surface area contributed by atoms with E-state index < -0.39 is 0 Å². The molecular weight excluding hydrogens is 292 g/mol.